The molecule has 0 aromatic heterocycles. The van der Waals surface area contributed by atoms with Crippen molar-refractivity contribution in [2.45, 2.75) is 90.6 Å². The van der Waals surface area contributed by atoms with Crippen molar-refractivity contribution in [1.29, 1.82) is 0 Å². The van der Waals surface area contributed by atoms with E-state index in [1.165, 1.54) is 51.4 Å². The summed E-state index contributed by atoms with van der Waals surface area (Å²) in [5.41, 5.74) is 0. The molecule has 21 heavy (non-hydrogen) atoms. The Labute approximate surface area is 132 Å². The van der Waals surface area contributed by atoms with Crippen LogP contribution < -0.4 is 0 Å². The van der Waals surface area contributed by atoms with Crippen molar-refractivity contribution in [2.24, 2.45) is 11.8 Å². The standard InChI is InChI=1S/C20H34O/c1-3-5-9-13-18-17-19(18)14-11-7-8-12-16-20(21)15-10-6-4-2/h7-8,18-21H,3-6,9-11,13-15,17H2,1-2H3/b8-7-/t18-,19-,20?/m1/s1. The summed E-state index contributed by atoms with van der Waals surface area (Å²) in [5.74, 6) is 7.90. The van der Waals surface area contributed by atoms with Crippen LogP contribution in [0.5, 0.6) is 0 Å². The molecule has 0 amide bonds. The molecule has 0 heterocycles. The molecule has 0 aliphatic heterocycles. The second-order valence-corrected chi connectivity index (χ2v) is 6.53. The largest absolute Gasteiger partial charge is 0.380 e. The van der Waals surface area contributed by atoms with Crippen molar-refractivity contribution in [2.75, 3.05) is 0 Å². The molecule has 1 fully saturated rings. The molecule has 1 N–H and O–H groups in total. The van der Waals surface area contributed by atoms with E-state index in [4.69, 9.17) is 0 Å². The van der Waals surface area contributed by atoms with E-state index < -0.39 is 6.10 Å². The van der Waals surface area contributed by atoms with Crippen LogP contribution in [0.3, 0.4) is 0 Å². The zero-order chi connectivity index (χ0) is 15.3. The number of allylic oxidation sites excluding steroid dienone is 2. The molecule has 1 aliphatic carbocycles. The number of rotatable bonds is 11. The lowest BCUT2D eigenvalue weighted by molar-refractivity contribution is 0.217. The van der Waals surface area contributed by atoms with Gasteiger partial charge in [0, 0.05) is 0 Å². The molecule has 0 bridgehead atoms. The lowest BCUT2D eigenvalue weighted by Crippen LogP contribution is -2.01. The molecule has 1 saturated carbocycles. The lowest BCUT2D eigenvalue weighted by atomic mass is 10.1. The van der Waals surface area contributed by atoms with Gasteiger partial charge in [0.2, 0.25) is 0 Å². The summed E-state index contributed by atoms with van der Waals surface area (Å²) in [5, 5.41) is 9.66. The predicted molar refractivity (Wildman–Crippen MR) is 92.0 cm³/mol. The van der Waals surface area contributed by atoms with Crippen molar-refractivity contribution in [3.8, 4) is 11.8 Å². The molecule has 0 spiro atoms. The maximum atomic E-state index is 9.66. The smallest absolute Gasteiger partial charge is 0.115 e. The second kappa shape index (κ2) is 11.9. The number of hydrogen-bond acceptors (Lipinski definition) is 1. The van der Waals surface area contributed by atoms with Crippen LogP contribution in [0.2, 0.25) is 0 Å². The van der Waals surface area contributed by atoms with Crippen LogP contribution >= 0.6 is 0 Å². The first kappa shape index (κ1) is 18.3. The maximum absolute atomic E-state index is 9.66. The van der Waals surface area contributed by atoms with Gasteiger partial charge in [-0.15, -0.1) is 0 Å². The molecular weight excluding hydrogens is 256 g/mol. The molecule has 0 aromatic carbocycles. The van der Waals surface area contributed by atoms with E-state index >= 15 is 0 Å². The van der Waals surface area contributed by atoms with Gasteiger partial charge in [-0.2, -0.15) is 0 Å². The van der Waals surface area contributed by atoms with Crippen LogP contribution in [-0.4, -0.2) is 11.2 Å². The highest BCUT2D eigenvalue weighted by Crippen LogP contribution is 2.45. The SMILES string of the molecule is CCCCCC(O)C#C/C=C\CC[C@@H]1C[C@H]1CCCCC. The molecule has 0 aromatic rings. The average Bonchev–Trinajstić information content (AvgIpc) is 3.22. The van der Waals surface area contributed by atoms with E-state index in [0.717, 1.165) is 31.1 Å². The Kier molecular flexibility index (Phi) is 10.3. The number of hydrogen-bond donors (Lipinski definition) is 1. The fourth-order valence-electron chi connectivity index (χ4n) is 2.93. The highest BCUT2D eigenvalue weighted by atomic mass is 16.3. The van der Waals surface area contributed by atoms with E-state index in [1.54, 1.807) is 0 Å². The summed E-state index contributed by atoms with van der Waals surface area (Å²) in [7, 11) is 0. The molecule has 120 valence electrons. The highest BCUT2D eigenvalue weighted by Gasteiger charge is 2.34. The molecule has 1 nitrogen and oxygen atoms in total. The van der Waals surface area contributed by atoms with Gasteiger partial charge in [-0.1, -0.05) is 70.3 Å². The minimum atomic E-state index is -0.437. The van der Waals surface area contributed by atoms with Gasteiger partial charge < -0.3 is 5.11 Å². The molecule has 0 radical (unpaired) electrons. The van der Waals surface area contributed by atoms with E-state index in [-0.39, 0.29) is 0 Å². The number of aliphatic hydroxyl groups excluding tert-OH is 1. The van der Waals surface area contributed by atoms with Gasteiger partial charge in [-0.25, -0.2) is 0 Å². The minimum Gasteiger partial charge on any atom is -0.380 e. The van der Waals surface area contributed by atoms with Gasteiger partial charge in [0.05, 0.1) is 0 Å². The zero-order valence-electron chi connectivity index (χ0n) is 14.1. The molecule has 1 rings (SSSR count). The molecule has 1 aliphatic rings. The fourth-order valence-corrected chi connectivity index (χ4v) is 2.93. The average molecular weight is 290 g/mol. The molecular formula is C20H34O. The Bertz CT molecular complexity index is 333. The predicted octanol–water partition coefficient (Wildman–Crippen LogP) is 5.48. The normalized spacial score (nSPS) is 22.0. The van der Waals surface area contributed by atoms with Crippen LogP contribution in [0.1, 0.15) is 84.5 Å². The van der Waals surface area contributed by atoms with Crippen molar-refractivity contribution in [1.82, 2.24) is 0 Å². The monoisotopic (exact) mass is 290 g/mol. The maximum Gasteiger partial charge on any atom is 0.115 e. The van der Waals surface area contributed by atoms with Crippen molar-refractivity contribution in [3.63, 3.8) is 0 Å². The molecule has 1 unspecified atom stereocenters. The molecule has 3 atom stereocenters. The topological polar surface area (TPSA) is 20.2 Å². The van der Waals surface area contributed by atoms with Gasteiger partial charge in [0.15, 0.2) is 0 Å². The zero-order valence-corrected chi connectivity index (χ0v) is 14.1. The Morgan fingerprint density at radius 3 is 2.52 bits per heavy atom. The minimum absolute atomic E-state index is 0.437. The lowest BCUT2D eigenvalue weighted by Gasteiger charge is -2.00. The van der Waals surface area contributed by atoms with E-state index in [0.29, 0.717) is 0 Å². The van der Waals surface area contributed by atoms with Crippen molar-refractivity contribution in [3.05, 3.63) is 12.2 Å². The van der Waals surface area contributed by atoms with Crippen LogP contribution in [0, 0.1) is 23.7 Å². The summed E-state index contributed by atoms with van der Waals surface area (Å²) < 4.78 is 0. The Morgan fingerprint density at radius 2 is 1.76 bits per heavy atom. The van der Waals surface area contributed by atoms with Gasteiger partial charge in [-0.3, -0.25) is 0 Å². The van der Waals surface area contributed by atoms with Crippen LogP contribution in [0.4, 0.5) is 0 Å². The Balaban J connectivity index is 1.98. The first-order valence-electron chi connectivity index (χ1n) is 9.12. The van der Waals surface area contributed by atoms with Crippen molar-refractivity contribution >= 4 is 0 Å². The third-order valence-corrected chi connectivity index (χ3v) is 4.48. The van der Waals surface area contributed by atoms with E-state index in [2.05, 4.69) is 31.8 Å². The van der Waals surface area contributed by atoms with Crippen LogP contribution in [0.25, 0.3) is 0 Å². The fraction of sp³-hybridized carbons (Fsp3) is 0.800. The summed E-state index contributed by atoms with van der Waals surface area (Å²) >= 11 is 0. The Morgan fingerprint density at radius 1 is 1.05 bits per heavy atom. The quantitative estimate of drug-likeness (QED) is 0.394. The van der Waals surface area contributed by atoms with Gasteiger partial charge in [0.1, 0.15) is 6.10 Å². The third-order valence-electron chi connectivity index (χ3n) is 4.48. The third kappa shape index (κ3) is 9.75. The summed E-state index contributed by atoms with van der Waals surface area (Å²) in [4.78, 5) is 0. The summed E-state index contributed by atoms with van der Waals surface area (Å²) in [6, 6.07) is 0. The van der Waals surface area contributed by atoms with Crippen LogP contribution in [-0.2, 0) is 0 Å². The van der Waals surface area contributed by atoms with Gasteiger partial charge in [-0.05, 0) is 50.0 Å². The van der Waals surface area contributed by atoms with E-state index in [1.807, 2.05) is 6.08 Å². The number of unbranched alkanes of at least 4 members (excludes halogenated alkanes) is 4. The first-order chi connectivity index (χ1) is 10.3. The number of aliphatic hydroxyl groups is 1. The molecule has 1 heteroatoms. The van der Waals surface area contributed by atoms with Crippen molar-refractivity contribution < 1.29 is 5.11 Å². The highest BCUT2D eigenvalue weighted by molar-refractivity contribution is 5.17. The van der Waals surface area contributed by atoms with Gasteiger partial charge >= 0.3 is 0 Å². The van der Waals surface area contributed by atoms with Gasteiger partial charge in [0.25, 0.3) is 0 Å². The van der Waals surface area contributed by atoms with E-state index in [9.17, 15) is 5.11 Å². The Hall–Kier alpha value is -0.740. The van der Waals surface area contributed by atoms with Crippen LogP contribution in [0.15, 0.2) is 12.2 Å². The second-order valence-electron chi connectivity index (χ2n) is 6.53. The summed E-state index contributed by atoms with van der Waals surface area (Å²) in [6.07, 6.45) is 17.5. The summed E-state index contributed by atoms with van der Waals surface area (Å²) in [6.45, 7) is 4.45. The molecule has 0 saturated heterocycles. The first-order valence-corrected chi connectivity index (χ1v) is 9.12.